The van der Waals surface area contributed by atoms with Gasteiger partial charge in [-0.3, -0.25) is 9.78 Å². The number of rotatable bonds is 3. The molecule has 1 N–H and O–H groups in total. The van der Waals surface area contributed by atoms with Crippen molar-refractivity contribution in [3.05, 3.63) is 30.1 Å². The van der Waals surface area contributed by atoms with Gasteiger partial charge in [-0.2, -0.15) is 0 Å². The van der Waals surface area contributed by atoms with Gasteiger partial charge < -0.3 is 10.2 Å². The molecule has 2 unspecified atom stereocenters. The van der Waals surface area contributed by atoms with Crippen molar-refractivity contribution < 1.29 is 4.79 Å². The van der Waals surface area contributed by atoms with Crippen LogP contribution in [0.2, 0.25) is 0 Å². The lowest BCUT2D eigenvalue weighted by atomic mass is 9.93. The highest BCUT2D eigenvalue weighted by atomic mass is 35.5. The zero-order valence-corrected chi connectivity index (χ0v) is 12.3. The van der Waals surface area contributed by atoms with Gasteiger partial charge in [-0.05, 0) is 43.0 Å². The first kappa shape index (κ1) is 15.9. The Balaban J connectivity index is 0.00000180. The number of nitrogens with zero attached hydrogens (tertiary/aromatic N) is 2. The predicted molar refractivity (Wildman–Crippen MR) is 78.1 cm³/mol. The molecule has 0 aliphatic carbocycles. The maximum Gasteiger partial charge on any atom is 0.239 e. The topological polar surface area (TPSA) is 45.2 Å². The molecule has 0 saturated carbocycles. The van der Waals surface area contributed by atoms with Crippen LogP contribution in [0.15, 0.2) is 24.5 Å². The third-order valence-corrected chi connectivity index (χ3v) is 3.51. The Labute approximate surface area is 121 Å². The first-order chi connectivity index (χ1) is 8.66. The van der Waals surface area contributed by atoms with Gasteiger partial charge >= 0.3 is 0 Å². The molecule has 0 bridgehead atoms. The van der Waals surface area contributed by atoms with E-state index < -0.39 is 0 Å². The molecule has 19 heavy (non-hydrogen) atoms. The first-order valence-corrected chi connectivity index (χ1v) is 6.54. The summed E-state index contributed by atoms with van der Waals surface area (Å²) in [4.78, 5) is 18.1. The number of carbonyl (C=O) groups is 1. The Morgan fingerprint density at radius 2 is 2.16 bits per heavy atom. The molecule has 1 fully saturated rings. The number of amides is 1. The molecule has 1 aromatic heterocycles. The molecule has 2 atom stereocenters. The number of likely N-dealkylation sites (N-methyl/N-ethyl adjacent to an activating group) is 1. The van der Waals surface area contributed by atoms with Gasteiger partial charge in [0.15, 0.2) is 0 Å². The highest BCUT2D eigenvalue weighted by molar-refractivity contribution is 5.85. The van der Waals surface area contributed by atoms with Crippen molar-refractivity contribution in [1.29, 1.82) is 0 Å². The van der Waals surface area contributed by atoms with E-state index in [0.29, 0.717) is 12.5 Å². The van der Waals surface area contributed by atoms with E-state index in [-0.39, 0.29) is 24.4 Å². The van der Waals surface area contributed by atoms with Gasteiger partial charge in [0.25, 0.3) is 0 Å². The smallest absolute Gasteiger partial charge is 0.239 e. The Bertz CT molecular complexity index is 399. The minimum absolute atomic E-state index is 0. The van der Waals surface area contributed by atoms with E-state index in [9.17, 15) is 4.79 Å². The number of nitrogens with one attached hydrogen (secondary N) is 1. The summed E-state index contributed by atoms with van der Waals surface area (Å²) in [5.74, 6) is 0.827. The number of halogens is 1. The summed E-state index contributed by atoms with van der Waals surface area (Å²) in [5.41, 5.74) is 1.12. The molecule has 1 aliphatic heterocycles. The van der Waals surface area contributed by atoms with Crippen LogP contribution in [0.3, 0.4) is 0 Å². The fourth-order valence-electron chi connectivity index (χ4n) is 2.40. The minimum Gasteiger partial charge on any atom is -0.340 e. The molecule has 4 nitrogen and oxygen atoms in total. The monoisotopic (exact) mass is 283 g/mol. The number of piperidine rings is 1. The zero-order valence-electron chi connectivity index (χ0n) is 11.5. The summed E-state index contributed by atoms with van der Waals surface area (Å²) < 4.78 is 0. The molecule has 1 amide bonds. The zero-order chi connectivity index (χ0) is 13.0. The van der Waals surface area contributed by atoms with Gasteiger partial charge in [0.1, 0.15) is 0 Å². The summed E-state index contributed by atoms with van der Waals surface area (Å²) in [6.07, 6.45) is 5.63. The number of hydrogen-bond donors (Lipinski definition) is 1. The van der Waals surface area contributed by atoms with Crippen LogP contribution in [0.1, 0.15) is 25.3 Å². The van der Waals surface area contributed by atoms with Crippen LogP contribution in [0.5, 0.6) is 0 Å². The second-order valence-electron chi connectivity index (χ2n) is 5.19. The molecule has 5 heteroatoms. The van der Waals surface area contributed by atoms with Crippen molar-refractivity contribution in [2.24, 2.45) is 5.92 Å². The number of pyridine rings is 1. The normalized spacial score (nSPS) is 22.4. The van der Waals surface area contributed by atoms with E-state index >= 15 is 0 Å². The van der Waals surface area contributed by atoms with E-state index in [1.54, 1.807) is 17.3 Å². The number of carbonyl (C=O) groups excluding carboxylic acids is 1. The second kappa shape index (κ2) is 7.46. The fourth-order valence-corrected chi connectivity index (χ4v) is 2.40. The Hall–Kier alpha value is -1.13. The lowest BCUT2D eigenvalue weighted by Crippen LogP contribution is -2.48. The molecule has 0 radical (unpaired) electrons. The third-order valence-electron chi connectivity index (χ3n) is 3.51. The molecule has 0 aromatic carbocycles. The van der Waals surface area contributed by atoms with Crippen LogP contribution in [-0.2, 0) is 11.3 Å². The molecular weight excluding hydrogens is 262 g/mol. The molecule has 1 aromatic rings. The van der Waals surface area contributed by atoms with Crippen LogP contribution < -0.4 is 5.32 Å². The van der Waals surface area contributed by atoms with Gasteiger partial charge in [-0.15, -0.1) is 12.4 Å². The van der Waals surface area contributed by atoms with Crippen LogP contribution in [0, 0.1) is 5.92 Å². The first-order valence-electron chi connectivity index (χ1n) is 6.54. The van der Waals surface area contributed by atoms with Gasteiger partial charge in [-0.1, -0.05) is 6.92 Å². The van der Waals surface area contributed by atoms with Crippen molar-refractivity contribution in [3.63, 3.8) is 0 Å². The molecule has 106 valence electrons. The quantitative estimate of drug-likeness (QED) is 0.921. The lowest BCUT2D eigenvalue weighted by Gasteiger charge is -2.30. The van der Waals surface area contributed by atoms with E-state index in [2.05, 4.69) is 17.2 Å². The molecule has 1 aliphatic rings. The third kappa shape index (κ3) is 4.48. The fraction of sp³-hybridized carbons (Fsp3) is 0.571. The summed E-state index contributed by atoms with van der Waals surface area (Å²) in [7, 11) is 1.86. The van der Waals surface area contributed by atoms with Crippen molar-refractivity contribution in [3.8, 4) is 0 Å². The molecule has 0 spiro atoms. The second-order valence-corrected chi connectivity index (χ2v) is 5.19. The summed E-state index contributed by atoms with van der Waals surface area (Å²) in [6.45, 7) is 3.80. The maximum atomic E-state index is 12.3. The van der Waals surface area contributed by atoms with Crippen molar-refractivity contribution in [1.82, 2.24) is 15.2 Å². The highest BCUT2D eigenvalue weighted by Crippen LogP contribution is 2.16. The average Bonchev–Trinajstić information content (AvgIpc) is 2.39. The van der Waals surface area contributed by atoms with Crippen LogP contribution in [0.25, 0.3) is 0 Å². The van der Waals surface area contributed by atoms with Gasteiger partial charge in [-0.25, -0.2) is 0 Å². The van der Waals surface area contributed by atoms with E-state index in [1.165, 1.54) is 0 Å². The SMILES string of the molecule is CC1CCNC(C(=O)N(C)Cc2ccncc2)C1.Cl. The lowest BCUT2D eigenvalue weighted by molar-refractivity contribution is -0.133. The Morgan fingerprint density at radius 3 is 2.79 bits per heavy atom. The van der Waals surface area contributed by atoms with Crippen LogP contribution in [-0.4, -0.2) is 35.4 Å². The summed E-state index contributed by atoms with van der Waals surface area (Å²) in [6, 6.07) is 3.88. The predicted octanol–water partition coefficient (Wildman–Crippen LogP) is 1.85. The summed E-state index contributed by atoms with van der Waals surface area (Å²) in [5, 5.41) is 3.31. The van der Waals surface area contributed by atoms with Gasteiger partial charge in [0.2, 0.25) is 5.91 Å². The Morgan fingerprint density at radius 1 is 1.47 bits per heavy atom. The standard InChI is InChI=1S/C14H21N3O.ClH/c1-11-3-8-16-13(9-11)14(18)17(2)10-12-4-6-15-7-5-12;/h4-7,11,13,16H,3,8-10H2,1-2H3;1H. The largest absolute Gasteiger partial charge is 0.340 e. The van der Waals surface area contributed by atoms with E-state index in [0.717, 1.165) is 24.9 Å². The molecule has 2 rings (SSSR count). The van der Waals surface area contributed by atoms with Gasteiger partial charge in [0.05, 0.1) is 6.04 Å². The highest BCUT2D eigenvalue weighted by Gasteiger charge is 2.26. The minimum atomic E-state index is -0.0133. The van der Waals surface area contributed by atoms with Crippen LogP contribution in [0.4, 0.5) is 0 Å². The van der Waals surface area contributed by atoms with E-state index in [1.807, 2.05) is 19.2 Å². The molecule has 1 saturated heterocycles. The van der Waals surface area contributed by atoms with Crippen molar-refractivity contribution >= 4 is 18.3 Å². The van der Waals surface area contributed by atoms with Crippen LogP contribution >= 0.6 is 12.4 Å². The number of hydrogen-bond acceptors (Lipinski definition) is 3. The molecule has 2 heterocycles. The van der Waals surface area contributed by atoms with Crippen molar-refractivity contribution in [2.45, 2.75) is 32.4 Å². The summed E-state index contributed by atoms with van der Waals surface area (Å²) >= 11 is 0. The number of aromatic nitrogens is 1. The van der Waals surface area contributed by atoms with Gasteiger partial charge in [0, 0.05) is 26.0 Å². The van der Waals surface area contributed by atoms with Crippen molar-refractivity contribution in [2.75, 3.05) is 13.6 Å². The maximum absolute atomic E-state index is 12.3. The average molecular weight is 284 g/mol. The van der Waals surface area contributed by atoms with E-state index in [4.69, 9.17) is 0 Å². The molecular formula is C14H22ClN3O. The Kier molecular flexibility index (Phi) is 6.25.